The minimum absolute atomic E-state index is 0.138. The van der Waals surface area contributed by atoms with E-state index in [9.17, 15) is 0 Å². The largest absolute Gasteiger partial charge is 0.310 e. The average molecular weight is 760 g/mol. The fraction of sp³-hybridized carbons (Fsp3) is 0.107. The number of benzene rings is 9. The Morgan fingerprint density at radius 3 is 1.47 bits per heavy atom. The average Bonchev–Trinajstić information content (AvgIpc) is 3.85. The first-order chi connectivity index (χ1) is 28.3. The number of hydrogen-bond acceptors (Lipinski definition) is 2. The molecule has 2 aliphatic rings. The van der Waals surface area contributed by atoms with E-state index in [1.54, 1.807) is 0 Å². The van der Waals surface area contributed by atoms with Gasteiger partial charge in [-0.3, -0.25) is 0 Å². The van der Waals surface area contributed by atoms with Crippen LogP contribution >= 0.6 is 11.3 Å². The summed E-state index contributed by atoms with van der Waals surface area (Å²) in [5.74, 6) is 0. The third-order valence-corrected chi connectivity index (χ3v) is 14.6. The predicted octanol–water partition coefficient (Wildman–Crippen LogP) is 16.1. The van der Waals surface area contributed by atoms with Gasteiger partial charge in [0.25, 0.3) is 0 Å². The number of rotatable bonds is 4. The van der Waals surface area contributed by atoms with Crippen LogP contribution in [-0.4, -0.2) is 0 Å². The maximum Gasteiger partial charge on any atom is 0.0561 e. The number of fused-ring (bicyclic) bond motifs is 14. The summed E-state index contributed by atoms with van der Waals surface area (Å²) in [6.45, 7) is 9.55. The van der Waals surface area contributed by atoms with Crippen LogP contribution in [0.4, 0.5) is 17.1 Å². The first kappa shape index (κ1) is 33.6. The summed E-state index contributed by atoms with van der Waals surface area (Å²) < 4.78 is 2.63. The van der Waals surface area contributed by atoms with Gasteiger partial charge in [0.05, 0.1) is 5.69 Å². The molecule has 9 aromatic carbocycles. The van der Waals surface area contributed by atoms with Crippen molar-refractivity contribution in [3.63, 3.8) is 0 Å². The second kappa shape index (κ2) is 12.0. The third-order valence-electron chi connectivity index (χ3n) is 13.4. The lowest BCUT2D eigenvalue weighted by atomic mass is 9.82. The molecule has 0 bridgehead atoms. The highest BCUT2D eigenvalue weighted by molar-refractivity contribution is 7.27. The van der Waals surface area contributed by atoms with Gasteiger partial charge in [0.1, 0.15) is 0 Å². The van der Waals surface area contributed by atoms with E-state index in [1.165, 1.54) is 114 Å². The van der Waals surface area contributed by atoms with Crippen molar-refractivity contribution in [1.29, 1.82) is 0 Å². The minimum Gasteiger partial charge on any atom is -0.310 e. The molecule has 0 atom stereocenters. The fourth-order valence-electron chi connectivity index (χ4n) is 10.6. The van der Waals surface area contributed by atoms with Crippen LogP contribution in [-0.2, 0) is 10.8 Å². The molecule has 0 aliphatic heterocycles. The Labute approximate surface area is 343 Å². The normalized spacial score (nSPS) is 14.5. The zero-order valence-corrected chi connectivity index (χ0v) is 33.9. The summed E-state index contributed by atoms with van der Waals surface area (Å²) in [6.07, 6.45) is 0. The molecule has 12 rings (SSSR count). The van der Waals surface area contributed by atoms with Crippen molar-refractivity contribution in [2.75, 3.05) is 4.90 Å². The number of nitrogens with zero attached hydrogens (tertiary/aromatic N) is 1. The van der Waals surface area contributed by atoms with E-state index in [4.69, 9.17) is 0 Å². The Morgan fingerprint density at radius 2 is 0.862 bits per heavy atom. The van der Waals surface area contributed by atoms with Gasteiger partial charge < -0.3 is 4.90 Å². The van der Waals surface area contributed by atoms with Crippen molar-refractivity contribution >= 4 is 70.1 Å². The molecule has 0 unspecified atom stereocenters. The van der Waals surface area contributed by atoms with Crippen molar-refractivity contribution in [2.24, 2.45) is 0 Å². The van der Waals surface area contributed by atoms with E-state index in [2.05, 4.69) is 209 Å². The van der Waals surface area contributed by atoms with Crippen LogP contribution in [0.5, 0.6) is 0 Å². The molecule has 0 fully saturated rings. The summed E-state index contributed by atoms with van der Waals surface area (Å²) in [4.78, 5) is 2.59. The van der Waals surface area contributed by atoms with E-state index in [0.29, 0.717) is 0 Å². The first-order valence-electron chi connectivity index (χ1n) is 20.4. The highest BCUT2D eigenvalue weighted by Crippen LogP contribution is 2.56. The first-order valence-corrected chi connectivity index (χ1v) is 21.2. The molecule has 0 radical (unpaired) electrons. The molecule has 0 amide bonds. The van der Waals surface area contributed by atoms with E-state index >= 15 is 0 Å². The molecule has 0 spiro atoms. The van der Waals surface area contributed by atoms with Gasteiger partial charge in [-0.2, -0.15) is 0 Å². The van der Waals surface area contributed by atoms with Crippen LogP contribution in [0.25, 0.3) is 75.1 Å². The Morgan fingerprint density at radius 1 is 0.379 bits per heavy atom. The van der Waals surface area contributed by atoms with Crippen molar-refractivity contribution < 1.29 is 0 Å². The summed E-state index contributed by atoms with van der Waals surface area (Å²) in [5.41, 5.74) is 16.6. The topological polar surface area (TPSA) is 3.24 Å². The van der Waals surface area contributed by atoms with Gasteiger partial charge in [-0.05, 0) is 108 Å². The zero-order chi connectivity index (χ0) is 38.9. The molecule has 2 aliphatic carbocycles. The standard InChI is InChI=1S/C56H41NS/c1-55(2)46-24-14-12-20-40(46)42-28-26-36(32-48(42)55)57(37-27-29-43-41-21-13-15-25-47(41)56(3,4)49(43)33-37)50-30-35(34-16-6-5-7-17-34)31-51-53(50)52-44-22-10-8-18-38(44)39-19-9-11-23-45(39)54(52)58-51/h5-33H,1-4H3. The monoisotopic (exact) mass is 759 g/mol. The van der Waals surface area contributed by atoms with Crippen LogP contribution in [0.2, 0.25) is 0 Å². The van der Waals surface area contributed by atoms with Crippen LogP contribution < -0.4 is 4.90 Å². The Balaban J connectivity index is 1.22. The fourth-order valence-corrected chi connectivity index (χ4v) is 11.9. The molecular weight excluding hydrogens is 719 g/mol. The quantitative estimate of drug-likeness (QED) is 0.162. The van der Waals surface area contributed by atoms with Gasteiger partial charge in [-0.1, -0.05) is 167 Å². The molecule has 0 N–H and O–H groups in total. The minimum atomic E-state index is -0.138. The summed E-state index contributed by atoms with van der Waals surface area (Å²) in [6, 6.07) is 66.2. The second-order valence-corrected chi connectivity index (χ2v) is 18.3. The lowest BCUT2D eigenvalue weighted by molar-refractivity contribution is 0.660. The van der Waals surface area contributed by atoms with Crippen LogP contribution in [0.1, 0.15) is 49.9 Å². The summed E-state index contributed by atoms with van der Waals surface area (Å²) >= 11 is 1.93. The highest BCUT2D eigenvalue weighted by Gasteiger charge is 2.38. The van der Waals surface area contributed by atoms with Gasteiger partial charge in [-0.15, -0.1) is 11.3 Å². The van der Waals surface area contributed by atoms with Crippen molar-refractivity contribution in [2.45, 2.75) is 38.5 Å². The molecule has 1 nitrogen and oxygen atoms in total. The van der Waals surface area contributed by atoms with Crippen molar-refractivity contribution in [3.05, 3.63) is 198 Å². The summed E-state index contributed by atoms with van der Waals surface area (Å²) in [7, 11) is 0. The Kier molecular flexibility index (Phi) is 6.97. The molecular formula is C56H41NS. The molecule has 10 aromatic rings. The summed E-state index contributed by atoms with van der Waals surface area (Å²) in [5, 5.41) is 7.84. The molecule has 1 aromatic heterocycles. The lowest BCUT2D eigenvalue weighted by Crippen LogP contribution is -2.18. The van der Waals surface area contributed by atoms with E-state index in [-0.39, 0.29) is 10.8 Å². The number of hydrogen-bond donors (Lipinski definition) is 0. The van der Waals surface area contributed by atoms with E-state index in [1.807, 2.05) is 11.3 Å². The molecule has 1 heterocycles. The van der Waals surface area contributed by atoms with E-state index < -0.39 is 0 Å². The van der Waals surface area contributed by atoms with E-state index in [0.717, 1.165) is 0 Å². The van der Waals surface area contributed by atoms with Gasteiger partial charge in [0.15, 0.2) is 0 Å². The molecule has 276 valence electrons. The molecule has 0 saturated heterocycles. The molecule has 2 heteroatoms. The second-order valence-electron chi connectivity index (χ2n) is 17.3. The number of anilines is 3. The third kappa shape index (κ3) is 4.58. The zero-order valence-electron chi connectivity index (χ0n) is 33.1. The van der Waals surface area contributed by atoms with Crippen molar-refractivity contribution in [3.8, 4) is 33.4 Å². The highest BCUT2D eigenvalue weighted by atomic mass is 32.1. The molecule has 0 saturated carbocycles. The van der Waals surface area contributed by atoms with Crippen LogP contribution in [0.15, 0.2) is 176 Å². The lowest BCUT2D eigenvalue weighted by Gasteiger charge is -2.31. The Bertz CT molecular complexity index is 3240. The SMILES string of the molecule is CC1(C)c2ccccc2-c2ccc(N(c3ccc4c(c3)C(C)(C)c3ccccc3-4)c3cc(-c4ccccc4)cc4sc5c6ccccc6c6ccccc6c5c34)cc21. The van der Waals surface area contributed by atoms with Crippen LogP contribution in [0, 0.1) is 0 Å². The smallest absolute Gasteiger partial charge is 0.0561 e. The van der Waals surface area contributed by atoms with Gasteiger partial charge in [0, 0.05) is 47.8 Å². The van der Waals surface area contributed by atoms with Crippen molar-refractivity contribution in [1.82, 2.24) is 0 Å². The van der Waals surface area contributed by atoms with Gasteiger partial charge in [0.2, 0.25) is 0 Å². The van der Waals surface area contributed by atoms with Gasteiger partial charge >= 0.3 is 0 Å². The maximum absolute atomic E-state index is 2.59. The Hall–Kier alpha value is -6.48. The predicted molar refractivity (Wildman–Crippen MR) is 250 cm³/mol. The van der Waals surface area contributed by atoms with Crippen LogP contribution in [0.3, 0.4) is 0 Å². The van der Waals surface area contributed by atoms with Gasteiger partial charge in [-0.25, -0.2) is 0 Å². The molecule has 58 heavy (non-hydrogen) atoms. The maximum atomic E-state index is 2.59. The number of thiophene rings is 1.